The van der Waals surface area contributed by atoms with Crippen molar-refractivity contribution in [1.29, 1.82) is 0 Å². The Kier molecular flexibility index (Phi) is 5.08. The molecule has 1 aromatic heterocycles. The van der Waals surface area contributed by atoms with E-state index in [0.29, 0.717) is 11.7 Å². The molecule has 1 atom stereocenters. The van der Waals surface area contributed by atoms with Gasteiger partial charge in [-0.1, -0.05) is 42.8 Å². The van der Waals surface area contributed by atoms with Crippen molar-refractivity contribution in [2.45, 2.75) is 41.7 Å². The van der Waals surface area contributed by atoms with Gasteiger partial charge in [-0.15, -0.1) is 5.10 Å². The molecule has 3 rings (SSSR count). The van der Waals surface area contributed by atoms with E-state index in [0.717, 1.165) is 21.6 Å². The molecule has 1 aromatic carbocycles. The summed E-state index contributed by atoms with van der Waals surface area (Å²) >= 11 is 1.58. The average molecular weight is 321 g/mol. The van der Waals surface area contributed by atoms with Gasteiger partial charge in [-0.25, -0.2) is 4.98 Å². The molecule has 0 amide bonds. The van der Waals surface area contributed by atoms with Gasteiger partial charge >= 0.3 is 0 Å². The second-order valence-corrected chi connectivity index (χ2v) is 7.83. The molecule has 1 fully saturated rings. The summed E-state index contributed by atoms with van der Waals surface area (Å²) in [7, 11) is -0.939. The number of thioether (sulfide) groups is 1. The van der Waals surface area contributed by atoms with Crippen LogP contribution in [0.2, 0.25) is 0 Å². The van der Waals surface area contributed by atoms with Gasteiger partial charge in [0.1, 0.15) is 5.82 Å². The predicted octanol–water partition coefficient (Wildman–Crippen LogP) is 3.36. The largest absolute Gasteiger partial charge is 0.262 e. The molecule has 0 radical (unpaired) electrons. The van der Waals surface area contributed by atoms with Gasteiger partial charge in [0.15, 0.2) is 0 Å². The van der Waals surface area contributed by atoms with Crippen molar-refractivity contribution in [2.75, 3.05) is 11.5 Å². The molecule has 1 N–H and O–H groups in total. The molecule has 0 saturated heterocycles. The molecule has 1 unspecified atom stereocenters. The fourth-order valence-corrected chi connectivity index (χ4v) is 4.69. The van der Waals surface area contributed by atoms with Gasteiger partial charge < -0.3 is 0 Å². The van der Waals surface area contributed by atoms with Crippen LogP contribution in [0.1, 0.15) is 37.4 Å². The van der Waals surface area contributed by atoms with Gasteiger partial charge in [0.05, 0.1) is 10.8 Å². The number of rotatable bonds is 6. The molecule has 0 spiro atoms. The summed E-state index contributed by atoms with van der Waals surface area (Å²) < 4.78 is 12.1. The Balaban J connectivity index is 1.48. The van der Waals surface area contributed by atoms with Crippen LogP contribution in [0.5, 0.6) is 0 Å². The minimum absolute atomic E-state index is 0.560. The van der Waals surface area contributed by atoms with Crippen LogP contribution in [0.15, 0.2) is 40.4 Å². The lowest BCUT2D eigenvalue weighted by molar-refractivity contribution is 0.671. The molecular formula is C15H19N3OS2. The number of aromatic nitrogens is 3. The zero-order chi connectivity index (χ0) is 14.5. The summed E-state index contributed by atoms with van der Waals surface area (Å²) in [6.45, 7) is 0. The highest BCUT2D eigenvalue weighted by molar-refractivity contribution is 8.00. The first-order valence-corrected chi connectivity index (χ1v) is 9.62. The van der Waals surface area contributed by atoms with E-state index in [4.69, 9.17) is 0 Å². The molecular weight excluding hydrogens is 302 g/mol. The SMILES string of the molecule is O=S(CCSc1n[nH]c(C2CCCC2)n1)c1ccccc1. The Bertz CT molecular complexity index is 594. The maximum Gasteiger partial charge on any atom is 0.208 e. The highest BCUT2D eigenvalue weighted by Crippen LogP contribution is 2.32. The number of nitrogens with one attached hydrogen (secondary N) is 1. The molecule has 4 nitrogen and oxygen atoms in total. The maximum atomic E-state index is 12.1. The zero-order valence-electron chi connectivity index (χ0n) is 11.8. The van der Waals surface area contributed by atoms with Gasteiger partial charge in [0.2, 0.25) is 5.16 Å². The second-order valence-electron chi connectivity index (χ2n) is 5.20. The topological polar surface area (TPSA) is 58.6 Å². The van der Waals surface area contributed by atoms with Crippen molar-refractivity contribution in [3.05, 3.63) is 36.2 Å². The maximum absolute atomic E-state index is 12.1. The first kappa shape index (κ1) is 14.8. The first-order valence-electron chi connectivity index (χ1n) is 7.31. The summed E-state index contributed by atoms with van der Waals surface area (Å²) in [6.07, 6.45) is 5.03. The van der Waals surface area contributed by atoms with Crippen molar-refractivity contribution in [1.82, 2.24) is 15.2 Å². The minimum atomic E-state index is -0.939. The Morgan fingerprint density at radius 2 is 2.00 bits per heavy atom. The van der Waals surface area contributed by atoms with Crippen LogP contribution in [-0.4, -0.2) is 30.9 Å². The molecule has 0 bridgehead atoms. The third kappa shape index (κ3) is 3.95. The average Bonchev–Trinajstić information content (AvgIpc) is 3.19. The molecule has 1 aliphatic rings. The lowest BCUT2D eigenvalue weighted by Crippen LogP contribution is -2.00. The van der Waals surface area contributed by atoms with Crippen LogP contribution < -0.4 is 0 Å². The molecule has 21 heavy (non-hydrogen) atoms. The third-order valence-corrected chi connectivity index (χ3v) is 6.21. The van der Waals surface area contributed by atoms with Crippen LogP contribution in [0, 0.1) is 0 Å². The number of aromatic amines is 1. The van der Waals surface area contributed by atoms with Gasteiger partial charge in [0.25, 0.3) is 0 Å². The van der Waals surface area contributed by atoms with E-state index in [1.54, 1.807) is 11.8 Å². The van der Waals surface area contributed by atoms with Crippen LogP contribution in [0.4, 0.5) is 0 Å². The third-order valence-electron chi connectivity index (χ3n) is 3.73. The molecule has 112 valence electrons. The van der Waals surface area contributed by atoms with Gasteiger partial charge in [-0.2, -0.15) is 0 Å². The molecule has 6 heteroatoms. The second kappa shape index (κ2) is 7.22. The minimum Gasteiger partial charge on any atom is -0.262 e. The fraction of sp³-hybridized carbons (Fsp3) is 0.467. The Hall–Kier alpha value is -1.14. The summed E-state index contributed by atoms with van der Waals surface area (Å²) in [5.41, 5.74) is 0. The quantitative estimate of drug-likeness (QED) is 0.829. The van der Waals surface area contributed by atoms with Crippen LogP contribution in [-0.2, 0) is 10.8 Å². The fourth-order valence-electron chi connectivity index (χ4n) is 2.60. The van der Waals surface area contributed by atoms with E-state index in [-0.39, 0.29) is 0 Å². The van der Waals surface area contributed by atoms with E-state index in [1.165, 1.54) is 25.7 Å². The van der Waals surface area contributed by atoms with E-state index in [2.05, 4.69) is 15.2 Å². The van der Waals surface area contributed by atoms with Crippen LogP contribution >= 0.6 is 11.8 Å². The summed E-state index contributed by atoms with van der Waals surface area (Å²) in [5.74, 6) is 2.98. The highest BCUT2D eigenvalue weighted by Gasteiger charge is 2.20. The number of nitrogens with zero attached hydrogens (tertiary/aromatic N) is 2. The Labute approximate surface area is 131 Å². The normalized spacial score (nSPS) is 17.1. The monoisotopic (exact) mass is 321 g/mol. The number of hydrogen-bond donors (Lipinski definition) is 1. The van der Waals surface area contributed by atoms with Gasteiger partial charge in [-0.3, -0.25) is 9.31 Å². The molecule has 1 saturated carbocycles. The first-order chi connectivity index (χ1) is 10.3. The van der Waals surface area contributed by atoms with Crippen LogP contribution in [0.3, 0.4) is 0 Å². The summed E-state index contributed by atoms with van der Waals surface area (Å²) in [4.78, 5) is 5.45. The molecule has 1 aliphatic carbocycles. The summed E-state index contributed by atoms with van der Waals surface area (Å²) in [6, 6.07) is 9.60. The standard InChI is InChI=1S/C15H19N3OS2/c19-21(13-8-2-1-3-9-13)11-10-20-15-16-14(17-18-15)12-6-4-5-7-12/h1-3,8-9,12H,4-7,10-11H2,(H,16,17,18). The van der Waals surface area contributed by atoms with E-state index >= 15 is 0 Å². The van der Waals surface area contributed by atoms with Gasteiger partial charge in [-0.05, 0) is 25.0 Å². The van der Waals surface area contributed by atoms with Crippen LogP contribution in [0.25, 0.3) is 0 Å². The Morgan fingerprint density at radius 3 is 2.76 bits per heavy atom. The van der Waals surface area contributed by atoms with Crippen molar-refractivity contribution >= 4 is 22.6 Å². The van der Waals surface area contributed by atoms with E-state index in [9.17, 15) is 4.21 Å². The van der Waals surface area contributed by atoms with E-state index in [1.807, 2.05) is 30.3 Å². The lowest BCUT2D eigenvalue weighted by Gasteiger charge is -2.02. The number of hydrogen-bond acceptors (Lipinski definition) is 4. The number of H-pyrrole nitrogens is 1. The van der Waals surface area contributed by atoms with Crippen molar-refractivity contribution in [2.24, 2.45) is 0 Å². The highest BCUT2D eigenvalue weighted by atomic mass is 32.2. The molecule has 1 heterocycles. The zero-order valence-corrected chi connectivity index (χ0v) is 13.5. The summed E-state index contributed by atoms with van der Waals surface area (Å²) in [5, 5.41) is 8.10. The van der Waals surface area contributed by atoms with E-state index < -0.39 is 10.8 Å². The molecule has 2 aromatic rings. The van der Waals surface area contributed by atoms with Crippen molar-refractivity contribution < 1.29 is 4.21 Å². The van der Waals surface area contributed by atoms with Crippen molar-refractivity contribution in [3.63, 3.8) is 0 Å². The Morgan fingerprint density at radius 1 is 1.24 bits per heavy atom. The van der Waals surface area contributed by atoms with Crippen molar-refractivity contribution in [3.8, 4) is 0 Å². The lowest BCUT2D eigenvalue weighted by atomic mass is 10.1. The smallest absolute Gasteiger partial charge is 0.208 e. The predicted molar refractivity (Wildman–Crippen MR) is 86.0 cm³/mol. The molecule has 0 aliphatic heterocycles. The van der Waals surface area contributed by atoms with Gasteiger partial charge in [0, 0.05) is 22.3 Å². The number of benzene rings is 1.